The van der Waals surface area contributed by atoms with Crippen molar-refractivity contribution in [1.29, 1.82) is 0 Å². The first-order chi connectivity index (χ1) is 8.02. The lowest BCUT2D eigenvalue weighted by Crippen LogP contribution is -2.45. The predicted molar refractivity (Wildman–Crippen MR) is 65.4 cm³/mol. The summed E-state index contributed by atoms with van der Waals surface area (Å²) in [7, 11) is 3.19. The Balaban J connectivity index is 3.83. The fourth-order valence-electron chi connectivity index (χ4n) is 1.25. The molecule has 0 fully saturated rings. The molecular weight excluding hydrogens is 222 g/mol. The van der Waals surface area contributed by atoms with Gasteiger partial charge in [-0.2, -0.15) is 0 Å². The molecule has 0 aromatic heterocycles. The number of carbonyl (C=O) groups excluding carboxylic acids is 2. The van der Waals surface area contributed by atoms with Crippen LogP contribution in [0.5, 0.6) is 0 Å². The fraction of sp³-hybridized carbons (Fsp3) is 0.818. The molecule has 0 bridgehead atoms. The van der Waals surface area contributed by atoms with Gasteiger partial charge in [0.05, 0.1) is 12.6 Å². The Hall–Kier alpha value is -1.14. The molecule has 0 saturated carbocycles. The molecule has 2 amide bonds. The first-order valence-electron chi connectivity index (χ1n) is 5.79. The van der Waals surface area contributed by atoms with Gasteiger partial charge in [0.1, 0.15) is 0 Å². The van der Waals surface area contributed by atoms with E-state index in [0.29, 0.717) is 19.6 Å². The summed E-state index contributed by atoms with van der Waals surface area (Å²) in [5.74, 6) is -0.389. The van der Waals surface area contributed by atoms with E-state index in [1.165, 1.54) is 4.90 Å². The van der Waals surface area contributed by atoms with Gasteiger partial charge in [-0.05, 0) is 12.8 Å². The zero-order valence-electron chi connectivity index (χ0n) is 10.9. The molecule has 0 spiro atoms. The molecule has 0 unspecified atom stereocenters. The number of amides is 2. The Morgan fingerprint density at radius 1 is 1.47 bits per heavy atom. The lowest BCUT2D eigenvalue weighted by molar-refractivity contribution is -0.135. The third-order valence-electron chi connectivity index (χ3n) is 2.36. The second-order valence-corrected chi connectivity index (χ2v) is 3.91. The van der Waals surface area contributed by atoms with Crippen molar-refractivity contribution in [1.82, 2.24) is 10.2 Å². The highest BCUT2D eigenvalue weighted by atomic mass is 16.5. The Morgan fingerprint density at radius 2 is 2.12 bits per heavy atom. The molecule has 17 heavy (non-hydrogen) atoms. The molecule has 6 nitrogen and oxygen atoms in total. The van der Waals surface area contributed by atoms with Crippen LogP contribution in [0.15, 0.2) is 0 Å². The number of likely N-dealkylation sites (N-methyl/N-ethyl adjacent to an activating group) is 1. The highest BCUT2D eigenvalue weighted by Gasteiger charge is 2.17. The first-order valence-corrected chi connectivity index (χ1v) is 5.79. The van der Waals surface area contributed by atoms with Gasteiger partial charge in [0.2, 0.25) is 11.8 Å². The average molecular weight is 245 g/mol. The summed E-state index contributed by atoms with van der Waals surface area (Å²) in [5.41, 5.74) is 5.59. The molecule has 0 saturated heterocycles. The van der Waals surface area contributed by atoms with Crippen LogP contribution in [0.25, 0.3) is 0 Å². The Morgan fingerprint density at radius 3 is 2.65 bits per heavy atom. The number of hydrogen-bond donors (Lipinski definition) is 2. The van der Waals surface area contributed by atoms with Gasteiger partial charge < -0.3 is 20.7 Å². The monoisotopic (exact) mass is 245 g/mol. The van der Waals surface area contributed by atoms with E-state index in [1.54, 1.807) is 14.2 Å². The van der Waals surface area contributed by atoms with Crippen molar-refractivity contribution >= 4 is 11.8 Å². The van der Waals surface area contributed by atoms with Crippen LogP contribution in [0.1, 0.15) is 19.8 Å². The number of ether oxygens (including phenoxy) is 1. The highest BCUT2D eigenvalue weighted by molar-refractivity contribution is 5.87. The number of carbonyl (C=O) groups is 2. The largest absolute Gasteiger partial charge is 0.385 e. The van der Waals surface area contributed by atoms with Gasteiger partial charge in [0.15, 0.2) is 0 Å². The zero-order chi connectivity index (χ0) is 13.3. The van der Waals surface area contributed by atoms with Gasteiger partial charge in [-0.15, -0.1) is 0 Å². The van der Waals surface area contributed by atoms with Crippen LogP contribution in [0.2, 0.25) is 0 Å². The summed E-state index contributed by atoms with van der Waals surface area (Å²) < 4.78 is 4.86. The molecule has 3 N–H and O–H groups in total. The number of nitrogens with two attached hydrogens (primary N) is 1. The Labute approximate surface area is 102 Å². The van der Waals surface area contributed by atoms with Crippen LogP contribution in [-0.4, -0.2) is 56.6 Å². The SMILES string of the molecule is CC[C@@H](N)C(=O)N(C)CC(=O)NCCCOC. The lowest BCUT2D eigenvalue weighted by atomic mass is 10.2. The Bertz CT molecular complexity index is 246. The zero-order valence-corrected chi connectivity index (χ0v) is 10.9. The summed E-state index contributed by atoms with van der Waals surface area (Å²) in [5, 5.41) is 2.71. The summed E-state index contributed by atoms with van der Waals surface area (Å²) in [6, 6.07) is -0.527. The summed E-state index contributed by atoms with van der Waals surface area (Å²) in [4.78, 5) is 24.4. The topological polar surface area (TPSA) is 84.7 Å². The van der Waals surface area contributed by atoms with Gasteiger partial charge in [-0.25, -0.2) is 0 Å². The quantitative estimate of drug-likeness (QED) is 0.556. The van der Waals surface area contributed by atoms with Crippen LogP contribution >= 0.6 is 0 Å². The standard InChI is InChI=1S/C11H23N3O3/c1-4-9(12)11(16)14(2)8-10(15)13-6-5-7-17-3/h9H,4-8,12H2,1-3H3,(H,13,15)/t9-/m1/s1. The van der Waals surface area contributed by atoms with Crippen molar-refractivity contribution < 1.29 is 14.3 Å². The van der Waals surface area contributed by atoms with Crippen molar-refractivity contribution in [3.63, 3.8) is 0 Å². The van der Waals surface area contributed by atoms with Gasteiger partial charge in [0.25, 0.3) is 0 Å². The predicted octanol–water partition coefficient (Wildman–Crippen LogP) is -0.665. The van der Waals surface area contributed by atoms with Gasteiger partial charge in [-0.3, -0.25) is 9.59 Å². The molecule has 1 atom stereocenters. The van der Waals surface area contributed by atoms with Crippen LogP contribution < -0.4 is 11.1 Å². The molecule has 0 aliphatic rings. The lowest BCUT2D eigenvalue weighted by Gasteiger charge is -2.19. The number of rotatable bonds is 8. The summed E-state index contributed by atoms with van der Waals surface area (Å²) in [6.45, 7) is 3.03. The smallest absolute Gasteiger partial charge is 0.239 e. The van der Waals surface area contributed by atoms with Crippen LogP contribution in [-0.2, 0) is 14.3 Å². The van der Waals surface area contributed by atoms with Crippen molar-refractivity contribution in [2.45, 2.75) is 25.8 Å². The summed E-state index contributed by atoms with van der Waals surface area (Å²) >= 11 is 0. The highest BCUT2D eigenvalue weighted by Crippen LogP contribution is 1.93. The minimum atomic E-state index is -0.527. The molecule has 0 aliphatic carbocycles. The molecule has 0 rings (SSSR count). The Kier molecular flexibility index (Phi) is 8.35. The number of methoxy groups -OCH3 is 1. The maximum Gasteiger partial charge on any atom is 0.239 e. The molecule has 0 radical (unpaired) electrons. The fourth-order valence-corrected chi connectivity index (χ4v) is 1.25. The second-order valence-electron chi connectivity index (χ2n) is 3.91. The van der Waals surface area contributed by atoms with Crippen molar-refractivity contribution in [3.8, 4) is 0 Å². The molecule has 0 aliphatic heterocycles. The average Bonchev–Trinajstić information content (AvgIpc) is 2.32. The van der Waals surface area contributed by atoms with E-state index in [9.17, 15) is 9.59 Å². The molecule has 0 aromatic carbocycles. The maximum absolute atomic E-state index is 11.6. The minimum Gasteiger partial charge on any atom is -0.385 e. The van der Waals surface area contributed by atoms with Crippen molar-refractivity contribution in [2.75, 3.05) is 33.9 Å². The van der Waals surface area contributed by atoms with Crippen LogP contribution in [0.3, 0.4) is 0 Å². The second kappa shape index (κ2) is 8.95. The molecular formula is C11H23N3O3. The molecule has 100 valence electrons. The molecule has 0 heterocycles. The van der Waals surface area contributed by atoms with Crippen molar-refractivity contribution in [2.24, 2.45) is 5.73 Å². The third-order valence-corrected chi connectivity index (χ3v) is 2.36. The normalized spacial score (nSPS) is 12.0. The molecule has 6 heteroatoms. The van der Waals surface area contributed by atoms with E-state index in [2.05, 4.69) is 5.32 Å². The van der Waals surface area contributed by atoms with Gasteiger partial charge in [0, 0.05) is 27.3 Å². The van der Waals surface area contributed by atoms with E-state index in [4.69, 9.17) is 10.5 Å². The maximum atomic E-state index is 11.6. The number of nitrogens with one attached hydrogen (secondary N) is 1. The number of nitrogens with zero attached hydrogens (tertiary/aromatic N) is 1. The van der Waals surface area contributed by atoms with Crippen molar-refractivity contribution in [3.05, 3.63) is 0 Å². The van der Waals surface area contributed by atoms with Gasteiger partial charge >= 0.3 is 0 Å². The van der Waals surface area contributed by atoms with Crippen LogP contribution in [0.4, 0.5) is 0 Å². The van der Waals surface area contributed by atoms with Crippen LogP contribution in [0, 0.1) is 0 Å². The van der Waals surface area contributed by atoms with E-state index in [-0.39, 0.29) is 18.4 Å². The van der Waals surface area contributed by atoms with E-state index in [1.807, 2.05) is 6.92 Å². The first kappa shape index (κ1) is 15.9. The van der Waals surface area contributed by atoms with E-state index < -0.39 is 6.04 Å². The number of hydrogen-bond acceptors (Lipinski definition) is 4. The summed E-state index contributed by atoms with van der Waals surface area (Å²) in [6.07, 6.45) is 1.33. The van der Waals surface area contributed by atoms with Gasteiger partial charge in [-0.1, -0.05) is 6.92 Å². The molecule has 0 aromatic rings. The minimum absolute atomic E-state index is 0.0412. The van der Waals surface area contributed by atoms with E-state index in [0.717, 1.165) is 6.42 Å². The third kappa shape index (κ3) is 6.91. The van der Waals surface area contributed by atoms with E-state index >= 15 is 0 Å².